The van der Waals surface area contributed by atoms with Crippen LogP contribution < -0.4 is 0 Å². The first kappa shape index (κ1) is 20.3. The van der Waals surface area contributed by atoms with Gasteiger partial charge >= 0.3 is 0 Å². The summed E-state index contributed by atoms with van der Waals surface area (Å²) >= 11 is 5.91. The predicted molar refractivity (Wildman–Crippen MR) is 117 cm³/mol. The van der Waals surface area contributed by atoms with Crippen molar-refractivity contribution in [2.75, 3.05) is 46.8 Å². The second-order valence-corrected chi connectivity index (χ2v) is 9.90. The molecule has 0 aromatic rings. The van der Waals surface area contributed by atoms with Crippen LogP contribution in [0.25, 0.3) is 0 Å². The maximum atomic E-state index is 12.8. The van der Waals surface area contributed by atoms with Crippen molar-refractivity contribution in [1.82, 2.24) is 19.6 Å². The fourth-order valence-corrected chi connectivity index (χ4v) is 6.79. The van der Waals surface area contributed by atoms with Gasteiger partial charge in [0.2, 0.25) is 5.91 Å². The maximum Gasteiger partial charge on any atom is 0.236 e. The lowest BCUT2D eigenvalue weighted by Gasteiger charge is -2.60. The van der Waals surface area contributed by atoms with E-state index in [4.69, 9.17) is 12.2 Å². The molecule has 4 rings (SSSR count). The minimum Gasteiger partial charge on any atom is -0.362 e. The average molecular weight is 405 g/mol. The van der Waals surface area contributed by atoms with E-state index in [1.54, 1.807) is 0 Å². The van der Waals surface area contributed by atoms with Crippen molar-refractivity contribution in [3.63, 3.8) is 0 Å². The van der Waals surface area contributed by atoms with Gasteiger partial charge in [-0.25, -0.2) is 0 Å². The Kier molecular flexibility index (Phi) is 6.09. The number of carbonyl (C=O) groups excluding carboxylic acids is 1. The third kappa shape index (κ3) is 3.75. The zero-order valence-electron chi connectivity index (χ0n) is 17.6. The first-order valence-electron chi connectivity index (χ1n) is 11.1. The summed E-state index contributed by atoms with van der Waals surface area (Å²) in [5, 5.41) is 0. The lowest BCUT2D eigenvalue weighted by Crippen LogP contribution is -2.68. The van der Waals surface area contributed by atoms with Gasteiger partial charge in [-0.05, 0) is 64.1 Å². The molecule has 0 saturated carbocycles. The molecular formula is C22H36N4OS. The highest BCUT2D eigenvalue weighted by atomic mass is 32.1. The molecule has 1 amide bonds. The van der Waals surface area contributed by atoms with Gasteiger partial charge in [-0.15, -0.1) is 6.58 Å². The molecule has 5 atom stereocenters. The molecule has 0 spiro atoms. The molecule has 0 N–H and O–H groups in total. The maximum absolute atomic E-state index is 12.8. The highest BCUT2D eigenvalue weighted by Gasteiger charge is 2.51. The molecule has 0 aromatic heterocycles. The van der Waals surface area contributed by atoms with Gasteiger partial charge in [0.15, 0.2) is 0 Å². The Morgan fingerprint density at radius 3 is 2.79 bits per heavy atom. The summed E-state index contributed by atoms with van der Waals surface area (Å²) < 4.78 is 0. The first-order valence-corrected chi connectivity index (χ1v) is 11.5. The Morgan fingerprint density at radius 2 is 2.04 bits per heavy atom. The van der Waals surface area contributed by atoms with Gasteiger partial charge in [-0.1, -0.05) is 18.3 Å². The summed E-state index contributed by atoms with van der Waals surface area (Å²) in [7, 11) is 3.95. The molecule has 5 nitrogen and oxygen atoms in total. The molecule has 0 radical (unpaired) electrons. The molecule has 6 heteroatoms. The summed E-state index contributed by atoms with van der Waals surface area (Å²) in [6.45, 7) is 8.66. The Bertz CT molecular complexity index is 624. The van der Waals surface area contributed by atoms with E-state index in [9.17, 15) is 4.79 Å². The second-order valence-electron chi connectivity index (χ2n) is 9.43. The Hall–Kier alpha value is -0.980. The number of thiocarbonyl (C=S) groups is 1. The predicted octanol–water partition coefficient (Wildman–Crippen LogP) is 2.23. The van der Waals surface area contributed by atoms with Crippen LogP contribution in [0.5, 0.6) is 0 Å². The van der Waals surface area contributed by atoms with Crippen molar-refractivity contribution in [1.29, 1.82) is 0 Å². The molecule has 156 valence electrons. The monoisotopic (exact) mass is 404 g/mol. The number of hydrogen-bond donors (Lipinski definition) is 0. The van der Waals surface area contributed by atoms with Crippen LogP contribution in [-0.2, 0) is 4.79 Å². The van der Waals surface area contributed by atoms with Gasteiger partial charge in [0.05, 0.1) is 11.5 Å². The largest absolute Gasteiger partial charge is 0.362 e. The minimum atomic E-state index is 0.197. The quantitative estimate of drug-likeness (QED) is 0.518. The van der Waals surface area contributed by atoms with Crippen LogP contribution in [0, 0.1) is 11.8 Å². The van der Waals surface area contributed by atoms with Gasteiger partial charge in [0.25, 0.3) is 0 Å². The molecule has 4 fully saturated rings. The van der Waals surface area contributed by atoms with Crippen LogP contribution in [0.1, 0.15) is 38.5 Å². The fourth-order valence-electron chi connectivity index (χ4n) is 6.39. The van der Waals surface area contributed by atoms with Crippen LogP contribution >= 0.6 is 12.2 Å². The summed E-state index contributed by atoms with van der Waals surface area (Å²) in [6.07, 6.45) is 9.13. The van der Waals surface area contributed by atoms with E-state index in [-0.39, 0.29) is 11.9 Å². The standard InChI is InChI=1S/C22H36N4OS/c1-4-9-23(2)15-20(27)24(3)17-12-19-18-8-6-11-25-10-5-7-16(22(18)25)14-26(19)21(28)13-17/h4,16-19,22H,1,5-15H2,2-3H3/t16-,17?,18+,19+,22-/m0/s1. The Balaban J connectivity index is 1.47. The lowest BCUT2D eigenvalue weighted by atomic mass is 9.67. The van der Waals surface area contributed by atoms with E-state index in [0.29, 0.717) is 12.6 Å². The van der Waals surface area contributed by atoms with E-state index in [2.05, 4.69) is 16.4 Å². The van der Waals surface area contributed by atoms with Crippen LogP contribution in [0.2, 0.25) is 0 Å². The van der Waals surface area contributed by atoms with Crippen molar-refractivity contribution in [2.45, 2.75) is 56.7 Å². The number of nitrogens with zero attached hydrogens (tertiary/aromatic N) is 4. The zero-order valence-corrected chi connectivity index (χ0v) is 18.4. The second kappa shape index (κ2) is 8.41. The minimum absolute atomic E-state index is 0.197. The summed E-state index contributed by atoms with van der Waals surface area (Å²) in [5.41, 5.74) is 0. The van der Waals surface area contributed by atoms with Gasteiger partial charge in [0.1, 0.15) is 0 Å². The number of amides is 1. The van der Waals surface area contributed by atoms with Gasteiger partial charge in [-0.3, -0.25) is 14.6 Å². The summed E-state index contributed by atoms with van der Waals surface area (Å²) in [6, 6.07) is 1.52. The van der Waals surface area contributed by atoms with Gasteiger partial charge in [-0.2, -0.15) is 0 Å². The number of carbonyl (C=O) groups is 1. The molecular weight excluding hydrogens is 368 g/mol. The third-order valence-corrected chi connectivity index (χ3v) is 8.10. The van der Waals surface area contributed by atoms with Crippen molar-refractivity contribution >= 4 is 23.1 Å². The molecule has 0 aliphatic carbocycles. The summed E-state index contributed by atoms with van der Waals surface area (Å²) in [4.78, 5) is 23.3. The number of fused-ring (bicyclic) bond motifs is 2. The molecule has 4 aliphatic heterocycles. The molecule has 4 aliphatic rings. The lowest BCUT2D eigenvalue weighted by molar-refractivity contribution is -0.134. The van der Waals surface area contributed by atoms with Crippen LogP contribution in [0.4, 0.5) is 0 Å². The SMILES string of the molecule is C=CCN(C)CC(=O)N(C)C1CC(=S)N2C[C@@H]3CCCN4CCC[C@@H]([C@H]34)[C@H]2C1. The smallest absolute Gasteiger partial charge is 0.236 e. The van der Waals surface area contributed by atoms with Crippen LogP contribution in [0.15, 0.2) is 12.7 Å². The Morgan fingerprint density at radius 1 is 1.29 bits per heavy atom. The number of likely N-dealkylation sites (N-methyl/N-ethyl adjacent to an activating group) is 2. The van der Waals surface area contributed by atoms with E-state index in [0.717, 1.165) is 48.8 Å². The van der Waals surface area contributed by atoms with Crippen LogP contribution in [0.3, 0.4) is 0 Å². The Labute approximate surface area is 175 Å². The molecule has 1 unspecified atom stereocenters. The summed E-state index contributed by atoms with van der Waals surface area (Å²) in [5.74, 6) is 1.71. The molecule has 28 heavy (non-hydrogen) atoms. The molecule has 0 aromatic carbocycles. The van der Waals surface area contributed by atoms with Crippen LogP contribution in [-0.4, -0.2) is 95.4 Å². The van der Waals surface area contributed by atoms with Gasteiger partial charge < -0.3 is 9.80 Å². The van der Waals surface area contributed by atoms with Crippen molar-refractivity contribution < 1.29 is 4.79 Å². The van der Waals surface area contributed by atoms with E-state index < -0.39 is 0 Å². The number of rotatable bonds is 5. The topological polar surface area (TPSA) is 30.0 Å². The van der Waals surface area contributed by atoms with Crippen molar-refractivity contribution in [3.05, 3.63) is 12.7 Å². The van der Waals surface area contributed by atoms with Gasteiger partial charge in [0, 0.05) is 44.7 Å². The fraction of sp³-hybridized carbons (Fsp3) is 0.818. The van der Waals surface area contributed by atoms with E-state index in [1.165, 1.54) is 38.8 Å². The zero-order chi connectivity index (χ0) is 19.8. The number of hydrogen-bond acceptors (Lipinski definition) is 4. The number of piperidine rings is 4. The van der Waals surface area contributed by atoms with E-state index in [1.807, 2.05) is 30.0 Å². The molecule has 0 bridgehead atoms. The van der Waals surface area contributed by atoms with Crippen molar-refractivity contribution in [2.24, 2.45) is 11.8 Å². The normalized spacial score (nSPS) is 35.3. The van der Waals surface area contributed by atoms with Crippen molar-refractivity contribution in [3.8, 4) is 0 Å². The third-order valence-electron chi connectivity index (χ3n) is 7.70. The highest BCUT2D eigenvalue weighted by molar-refractivity contribution is 7.80. The molecule has 4 heterocycles. The average Bonchev–Trinajstić information content (AvgIpc) is 2.68. The highest BCUT2D eigenvalue weighted by Crippen LogP contribution is 2.45. The molecule has 4 saturated heterocycles. The first-order chi connectivity index (χ1) is 13.5. The van der Waals surface area contributed by atoms with E-state index >= 15 is 0 Å².